The quantitative estimate of drug-likeness (QED) is 0.0541. The first-order valence-corrected chi connectivity index (χ1v) is 20.5. The molecule has 0 saturated heterocycles. The van der Waals surface area contributed by atoms with Crippen LogP contribution in [0.5, 0.6) is 0 Å². The lowest BCUT2D eigenvalue weighted by Gasteiger charge is -2.05. The van der Waals surface area contributed by atoms with E-state index in [1.54, 1.807) is 22.7 Å². The molecular weight excluding hydrogens is 866 g/mol. The predicted octanol–water partition coefficient (Wildman–Crippen LogP) is 3.72. The van der Waals surface area contributed by atoms with Crippen LogP contribution in [0.4, 0.5) is 0 Å². The van der Waals surface area contributed by atoms with Crippen LogP contribution >= 0.6 is 22.7 Å². The third-order valence-electron chi connectivity index (χ3n) is 9.01. The molecule has 0 fully saturated rings. The molecular formula is C38H66I2N2O4S2. The molecule has 0 N–H and O–H groups in total. The van der Waals surface area contributed by atoms with E-state index >= 15 is 0 Å². The van der Waals surface area contributed by atoms with E-state index in [1.165, 1.54) is 98.2 Å². The zero-order valence-corrected chi connectivity index (χ0v) is 36.6. The summed E-state index contributed by atoms with van der Waals surface area (Å²) >= 11 is 3.57. The van der Waals surface area contributed by atoms with Gasteiger partial charge in [-0.3, -0.25) is 9.59 Å². The summed E-state index contributed by atoms with van der Waals surface area (Å²) < 4.78 is 15.8. The van der Waals surface area contributed by atoms with Crippen LogP contribution in [0.3, 0.4) is 0 Å². The van der Waals surface area contributed by atoms with Crippen LogP contribution in [-0.4, -0.2) is 25.2 Å². The van der Waals surface area contributed by atoms with E-state index in [-0.39, 0.29) is 59.9 Å². The van der Waals surface area contributed by atoms with Gasteiger partial charge in [-0.1, -0.05) is 114 Å². The van der Waals surface area contributed by atoms with Crippen molar-refractivity contribution < 1.29 is 76.2 Å². The normalized spacial score (nSPS) is 10.8. The van der Waals surface area contributed by atoms with E-state index in [1.807, 2.05) is 0 Å². The molecule has 0 aromatic carbocycles. The lowest BCUT2D eigenvalue weighted by Crippen LogP contribution is -3.00. The molecule has 0 aliphatic rings. The first-order valence-electron chi connectivity index (χ1n) is 18.7. The smallest absolute Gasteiger partial charge is 0.305 e. The molecule has 0 aliphatic carbocycles. The second-order valence-corrected chi connectivity index (χ2v) is 14.8. The Morgan fingerprint density at radius 1 is 0.542 bits per heavy atom. The van der Waals surface area contributed by atoms with Gasteiger partial charge in [-0.25, -0.2) is 0 Å². The fourth-order valence-electron chi connectivity index (χ4n) is 5.85. The van der Waals surface area contributed by atoms with Gasteiger partial charge in [0, 0.05) is 52.4 Å². The molecule has 0 atom stereocenters. The highest BCUT2D eigenvalue weighted by atomic mass is 127. The molecule has 0 spiro atoms. The molecule has 2 heterocycles. The highest BCUT2D eigenvalue weighted by molar-refractivity contribution is 7.09. The molecule has 0 radical (unpaired) electrons. The van der Waals surface area contributed by atoms with E-state index in [4.69, 9.17) is 9.47 Å². The van der Waals surface area contributed by atoms with Crippen LogP contribution in [0, 0.1) is 13.8 Å². The summed E-state index contributed by atoms with van der Waals surface area (Å²) in [5.74, 6) is -0.162. The first kappa shape index (κ1) is 47.7. The number of carbonyl (C=O) groups excluding carboxylic acids is 2. The van der Waals surface area contributed by atoms with Crippen LogP contribution in [-0.2, 0) is 45.0 Å². The average Bonchev–Trinajstić information content (AvgIpc) is 3.58. The van der Waals surface area contributed by atoms with Crippen molar-refractivity contribution in [2.75, 3.05) is 13.2 Å². The highest BCUT2D eigenvalue weighted by Crippen LogP contribution is 2.15. The van der Waals surface area contributed by atoms with Crippen molar-refractivity contribution in [2.24, 2.45) is 0 Å². The summed E-state index contributed by atoms with van der Waals surface area (Å²) in [6.45, 7) is 12.0. The molecule has 2 aromatic rings. The number of esters is 2. The Bertz CT molecular complexity index is 1010. The van der Waals surface area contributed by atoms with Gasteiger partial charge < -0.3 is 57.4 Å². The third kappa shape index (κ3) is 21.8. The van der Waals surface area contributed by atoms with Crippen molar-refractivity contribution in [1.29, 1.82) is 0 Å². The van der Waals surface area contributed by atoms with Crippen molar-refractivity contribution >= 4 is 34.6 Å². The molecule has 0 amide bonds. The van der Waals surface area contributed by atoms with Crippen molar-refractivity contribution in [3.8, 4) is 0 Å². The standard InChI is InChI=1S/C38H66N2O4S2.2HI/c1-5-7-9-11-17-21-27-39-31-45-35(33(39)3)25-29-43-37(41)23-19-15-13-14-16-20-24-38(42)44-30-26-36-34(4)40(32-46-36)28-22-18-12-10-8-6-2;;/h31-32H,5-30H2,1-4H3;2*1H/q+2;;/p-2. The van der Waals surface area contributed by atoms with Crippen LogP contribution < -0.4 is 57.1 Å². The molecule has 48 heavy (non-hydrogen) atoms. The summed E-state index contributed by atoms with van der Waals surface area (Å²) in [6.07, 6.45) is 24.4. The Balaban J connectivity index is 0.0000110. The van der Waals surface area contributed by atoms with Gasteiger partial charge in [0.2, 0.25) is 11.0 Å². The van der Waals surface area contributed by atoms with Crippen molar-refractivity contribution in [3.63, 3.8) is 0 Å². The molecule has 0 saturated carbocycles. The van der Waals surface area contributed by atoms with Gasteiger partial charge in [-0.2, -0.15) is 9.13 Å². The Hall–Kier alpha value is -0.340. The van der Waals surface area contributed by atoms with Gasteiger partial charge in [0.1, 0.15) is 13.1 Å². The zero-order chi connectivity index (χ0) is 33.2. The van der Waals surface area contributed by atoms with Gasteiger partial charge in [-0.05, 0) is 25.7 Å². The lowest BCUT2D eigenvalue weighted by atomic mass is 10.1. The number of aryl methyl sites for hydroxylation is 2. The maximum atomic E-state index is 12.2. The maximum absolute atomic E-state index is 12.2. The third-order valence-corrected chi connectivity index (χ3v) is 11.3. The summed E-state index contributed by atoms with van der Waals surface area (Å²) in [5, 5.41) is 0. The second-order valence-electron chi connectivity index (χ2n) is 12.9. The molecule has 278 valence electrons. The molecule has 6 nitrogen and oxygen atoms in total. The van der Waals surface area contributed by atoms with E-state index in [9.17, 15) is 9.59 Å². The largest absolute Gasteiger partial charge is 1.00 e. The highest BCUT2D eigenvalue weighted by Gasteiger charge is 2.16. The van der Waals surface area contributed by atoms with E-state index in [0.717, 1.165) is 64.5 Å². The Labute approximate surface area is 335 Å². The maximum Gasteiger partial charge on any atom is 0.305 e. The van der Waals surface area contributed by atoms with Gasteiger partial charge in [0.15, 0.2) is 11.4 Å². The van der Waals surface area contributed by atoms with E-state index < -0.39 is 0 Å². The minimum absolute atomic E-state index is 0. The predicted molar refractivity (Wildman–Crippen MR) is 192 cm³/mol. The van der Waals surface area contributed by atoms with Gasteiger partial charge in [-0.15, -0.1) is 0 Å². The van der Waals surface area contributed by atoms with Crippen LogP contribution in [0.1, 0.15) is 163 Å². The molecule has 0 aliphatic heterocycles. The molecule has 0 unspecified atom stereocenters. The summed E-state index contributed by atoms with van der Waals surface area (Å²) in [4.78, 5) is 27.0. The number of aromatic nitrogens is 2. The fraction of sp³-hybridized carbons (Fsp3) is 0.789. The number of unbranched alkanes of at least 4 members (excludes halogenated alkanes) is 15. The first-order chi connectivity index (χ1) is 22.5. The average molecular weight is 933 g/mol. The second kappa shape index (κ2) is 31.4. The summed E-state index contributed by atoms with van der Waals surface area (Å²) in [5.41, 5.74) is 7.09. The number of halogens is 2. The van der Waals surface area contributed by atoms with Gasteiger partial charge in [0.05, 0.1) is 23.0 Å². The van der Waals surface area contributed by atoms with Crippen molar-refractivity contribution in [2.45, 2.75) is 182 Å². The number of rotatable bonds is 29. The van der Waals surface area contributed by atoms with Crippen LogP contribution in [0.15, 0.2) is 11.0 Å². The number of hydrogen-bond acceptors (Lipinski definition) is 6. The number of hydrogen-bond donors (Lipinski definition) is 0. The van der Waals surface area contributed by atoms with Crippen molar-refractivity contribution in [3.05, 3.63) is 32.2 Å². The number of thiazole rings is 2. The lowest BCUT2D eigenvalue weighted by molar-refractivity contribution is -0.698. The van der Waals surface area contributed by atoms with Crippen LogP contribution in [0.25, 0.3) is 0 Å². The minimum atomic E-state index is -0.0812. The van der Waals surface area contributed by atoms with Crippen molar-refractivity contribution in [1.82, 2.24) is 0 Å². The van der Waals surface area contributed by atoms with Gasteiger partial charge >= 0.3 is 11.9 Å². The topological polar surface area (TPSA) is 60.4 Å². The van der Waals surface area contributed by atoms with Crippen LogP contribution in [0.2, 0.25) is 0 Å². The summed E-state index contributed by atoms with van der Waals surface area (Å²) in [7, 11) is 0. The van der Waals surface area contributed by atoms with E-state index in [2.05, 4.69) is 47.9 Å². The van der Waals surface area contributed by atoms with Gasteiger partial charge in [0.25, 0.3) is 0 Å². The molecule has 10 heteroatoms. The summed E-state index contributed by atoms with van der Waals surface area (Å²) in [6, 6.07) is 0. The number of carbonyl (C=O) groups is 2. The molecule has 0 bridgehead atoms. The number of ether oxygens (including phenoxy) is 2. The monoisotopic (exact) mass is 932 g/mol. The molecule has 2 rings (SSSR count). The Morgan fingerprint density at radius 2 is 0.875 bits per heavy atom. The van der Waals surface area contributed by atoms with E-state index in [0.29, 0.717) is 26.1 Å². The molecule has 2 aromatic heterocycles. The fourth-order valence-corrected chi connectivity index (χ4v) is 7.87. The Morgan fingerprint density at radius 3 is 1.25 bits per heavy atom. The number of nitrogens with zero attached hydrogens (tertiary/aromatic N) is 2. The Kier molecular flexibility index (Phi) is 31.2. The zero-order valence-electron chi connectivity index (χ0n) is 30.6. The minimum Gasteiger partial charge on any atom is -1.00 e. The SMILES string of the molecule is CCCCCCCC[n+]1csc(CCOC(=O)CCCCCCCCC(=O)OCCc2sc[n+](CCCCCCCC)c2C)c1C.[I-].[I-].